The maximum atomic E-state index is 5.85. The van der Waals surface area contributed by atoms with Gasteiger partial charge < -0.3 is 10.1 Å². The Morgan fingerprint density at radius 1 is 0.500 bits per heavy atom. The maximum absolute atomic E-state index is 5.85. The Morgan fingerprint density at radius 3 is 1.08 bits per heavy atom. The minimum Gasteiger partial charge on any atom is -0.381 e. The third-order valence-electron chi connectivity index (χ3n) is 11.6. The summed E-state index contributed by atoms with van der Waals surface area (Å²) in [6.07, 6.45) is 8.19. The first-order valence-corrected chi connectivity index (χ1v) is 16.4. The van der Waals surface area contributed by atoms with E-state index in [4.69, 9.17) is 4.74 Å². The zero-order valence-electron chi connectivity index (χ0n) is 28.4. The third-order valence-corrected chi connectivity index (χ3v) is 11.6. The average molecular weight is 532 g/mol. The fraction of sp³-hybridized carbons (Fsp3) is 1.00. The summed E-state index contributed by atoms with van der Waals surface area (Å²) in [4.78, 5) is 0. The minimum atomic E-state index is 0.305. The molecule has 0 bridgehead atoms. The molecule has 2 heterocycles. The SMILES string of the molecule is CC(C)(C)[C@@H](C1CNC1)C(C)(C)CCC(C)(C)[C@@H](C1COC1)C(C)(C)CCC(C)(C)[C@@H](C1CC1)C(C)(C)C. The van der Waals surface area contributed by atoms with Crippen LogP contribution in [0.15, 0.2) is 0 Å². The van der Waals surface area contributed by atoms with Crippen molar-refractivity contribution in [3.63, 3.8) is 0 Å². The third kappa shape index (κ3) is 7.40. The summed E-state index contributed by atoms with van der Waals surface area (Å²) >= 11 is 0. The summed E-state index contributed by atoms with van der Waals surface area (Å²) in [6, 6.07) is 0. The highest BCUT2D eigenvalue weighted by atomic mass is 16.5. The topological polar surface area (TPSA) is 21.3 Å². The molecule has 1 aliphatic carbocycles. The van der Waals surface area contributed by atoms with E-state index < -0.39 is 0 Å². The van der Waals surface area contributed by atoms with Crippen LogP contribution in [-0.4, -0.2) is 26.3 Å². The summed E-state index contributed by atoms with van der Waals surface area (Å²) in [6.45, 7) is 40.1. The van der Waals surface area contributed by atoms with E-state index in [-0.39, 0.29) is 0 Å². The van der Waals surface area contributed by atoms with Gasteiger partial charge in [-0.2, -0.15) is 0 Å². The number of hydrogen-bond donors (Lipinski definition) is 1. The molecule has 2 saturated heterocycles. The van der Waals surface area contributed by atoms with E-state index in [9.17, 15) is 0 Å². The van der Waals surface area contributed by atoms with E-state index in [2.05, 4.69) is 102 Å². The molecule has 0 aromatic heterocycles. The number of rotatable bonds is 13. The van der Waals surface area contributed by atoms with Gasteiger partial charge in [0.05, 0.1) is 13.2 Å². The van der Waals surface area contributed by atoms with Crippen LogP contribution in [0.1, 0.15) is 135 Å². The molecular weight excluding hydrogens is 462 g/mol. The molecule has 2 nitrogen and oxygen atoms in total. The summed E-state index contributed by atoms with van der Waals surface area (Å²) in [7, 11) is 0. The normalized spacial score (nSPS) is 23.5. The number of hydrogen-bond acceptors (Lipinski definition) is 2. The zero-order valence-corrected chi connectivity index (χ0v) is 28.4. The lowest BCUT2D eigenvalue weighted by molar-refractivity contribution is -0.131. The van der Waals surface area contributed by atoms with Crippen molar-refractivity contribution in [3.8, 4) is 0 Å². The molecule has 3 aliphatic rings. The second-order valence-corrected chi connectivity index (χ2v) is 19.2. The van der Waals surface area contributed by atoms with Gasteiger partial charge in [0.15, 0.2) is 0 Å². The van der Waals surface area contributed by atoms with Crippen molar-refractivity contribution in [2.45, 2.75) is 135 Å². The Bertz CT molecular complexity index is 764. The molecule has 1 N–H and O–H groups in total. The molecule has 0 unspecified atom stereocenters. The maximum Gasteiger partial charge on any atom is 0.0519 e. The molecule has 38 heavy (non-hydrogen) atoms. The molecule has 0 aromatic carbocycles. The lowest BCUT2D eigenvalue weighted by Gasteiger charge is -2.55. The van der Waals surface area contributed by atoms with Gasteiger partial charge in [-0.15, -0.1) is 0 Å². The predicted octanol–water partition coefficient (Wildman–Crippen LogP) is 9.87. The molecule has 1 saturated carbocycles. The summed E-state index contributed by atoms with van der Waals surface area (Å²) in [5.74, 6) is 4.75. The Labute approximate surface area is 239 Å². The lowest BCUT2D eigenvalue weighted by atomic mass is 9.52. The van der Waals surface area contributed by atoms with Gasteiger partial charge in [0, 0.05) is 5.92 Å². The van der Waals surface area contributed by atoms with Crippen LogP contribution >= 0.6 is 0 Å². The van der Waals surface area contributed by atoms with Crippen LogP contribution in [0.5, 0.6) is 0 Å². The highest BCUT2D eigenvalue weighted by Gasteiger charge is 2.51. The summed E-state index contributed by atoms with van der Waals surface area (Å²) in [5, 5.41) is 3.57. The van der Waals surface area contributed by atoms with Gasteiger partial charge in [0.2, 0.25) is 0 Å². The molecule has 0 aromatic rings. The quantitative estimate of drug-likeness (QED) is 0.255. The summed E-state index contributed by atoms with van der Waals surface area (Å²) < 4.78 is 5.85. The fourth-order valence-corrected chi connectivity index (χ4v) is 10.7. The van der Waals surface area contributed by atoms with Gasteiger partial charge in [0.1, 0.15) is 0 Å². The fourth-order valence-electron chi connectivity index (χ4n) is 10.7. The van der Waals surface area contributed by atoms with E-state index in [0.717, 1.165) is 36.9 Å². The van der Waals surface area contributed by atoms with Crippen LogP contribution in [0.3, 0.4) is 0 Å². The minimum absolute atomic E-state index is 0.305. The molecule has 224 valence electrons. The van der Waals surface area contributed by atoms with Crippen LogP contribution < -0.4 is 5.32 Å². The van der Waals surface area contributed by atoms with E-state index in [0.29, 0.717) is 44.3 Å². The lowest BCUT2D eigenvalue weighted by Crippen LogP contribution is -2.54. The van der Waals surface area contributed by atoms with Gasteiger partial charge in [-0.25, -0.2) is 0 Å². The van der Waals surface area contributed by atoms with Gasteiger partial charge in [-0.05, 0) is 114 Å². The molecular formula is C36H69NO. The summed E-state index contributed by atoms with van der Waals surface area (Å²) in [5.41, 5.74) is 2.09. The second-order valence-electron chi connectivity index (χ2n) is 19.2. The second kappa shape index (κ2) is 11.0. The molecule has 3 rings (SSSR count). The van der Waals surface area contributed by atoms with E-state index in [1.165, 1.54) is 51.6 Å². The van der Waals surface area contributed by atoms with Crippen molar-refractivity contribution in [2.24, 2.45) is 68.0 Å². The molecule has 0 radical (unpaired) electrons. The van der Waals surface area contributed by atoms with E-state index in [1.54, 1.807) is 0 Å². The molecule has 3 fully saturated rings. The average Bonchev–Trinajstić information content (AvgIpc) is 3.46. The molecule has 0 spiro atoms. The van der Waals surface area contributed by atoms with Crippen molar-refractivity contribution in [1.82, 2.24) is 5.32 Å². The molecule has 3 atom stereocenters. The van der Waals surface area contributed by atoms with Crippen LogP contribution in [0.2, 0.25) is 0 Å². The first-order chi connectivity index (χ1) is 17.1. The molecule has 0 amide bonds. The van der Waals surface area contributed by atoms with Crippen molar-refractivity contribution in [3.05, 3.63) is 0 Å². The van der Waals surface area contributed by atoms with Gasteiger partial charge in [0.25, 0.3) is 0 Å². The highest BCUT2D eigenvalue weighted by Crippen LogP contribution is 2.58. The standard InChI is InChI=1S/C36H69NO/c1-31(2,3)28(25-15-16-25)33(7,8)17-19-35(11,12)30(27-23-38-24-27)36(13,14)20-18-34(9,10)29(32(4,5)6)26-21-37-22-26/h25-30,37H,15-24H2,1-14H3/t28-,29+,30-/m0/s1. The molecule has 2 heteroatoms. The van der Waals surface area contributed by atoms with Crippen LogP contribution in [0.4, 0.5) is 0 Å². The van der Waals surface area contributed by atoms with Crippen molar-refractivity contribution in [2.75, 3.05) is 26.3 Å². The smallest absolute Gasteiger partial charge is 0.0519 e. The first-order valence-electron chi connectivity index (χ1n) is 16.4. The van der Waals surface area contributed by atoms with Gasteiger partial charge in [-0.3, -0.25) is 0 Å². The van der Waals surface area contributed by atoms with Crippen molar-refractivity contribution < 1.29 is 4.74 Å². The van der Waals surface area contributed by atoms with Crippen molar-refractivity contribution in [1.29, 1.82) is 0 Å². The highest BCUT2D eigenvalue weighted by molar-refractivity contribution is 5.01. The largest absolute Gasteiger partial charge is 0.381 e. The monoisotopic (exact) mass is 532 g/mol. The Morgan fingerprint density at radius 2 is 0.842 bits per heavy atom. The predicted molar refractivity (Wildman–Crippen MR) is 166 cm³/mol. The van der Waals surface area contributed by atoms with Crippen LogP contribution in [-0.2, 0) is 4.74 Å². The van der Waals surface area contributed by atoms with Crippen LogP contribution in [0, 0.1) is 68.0 Å². The van der Waals surface area contributed by atoms with Crippen molar-refractivity contribution >= 4 is 0 Å². The van der Waals surface area contributed by atoms with E-state index in [1.807, 2.05) is 0 Å². The number of nitrogens with one attached hydrogen (secondary N) is 1. The van der Waals surface area contributed by atoms with E-state index >= 15 is 0 Å². The Hall–Kier alpha value is -0.0800. The number of ether oxygens (including phenoxy) is 1. The zero-order chi connectivity index (χ0) is 28.9. The first kappa shape index (κ1) is 32.4. The Kier molecular flexibility index (Phi) is 9.36. The van der Waals surface area contributed by atoms with Crippen LogP contribution in [0.25, 0.3) is 0 Å². The van der Waals surface area contributed by atoms with Gasteiger partial charge in [-0.1, -0.05) is 96.9 Å². The van der Waals surface area contributed by atoms with Gasteiger partial charge >= 0.3 is 0 Å². The molecule has 2 aliphatic heterocycles. The Balaban J connectivity index is 1.75.